The number of hydrogen-bond donors (Lipinski definition) is 3. The average Bonchev–Trinajstić information content (AvgIpc) is 3.50. The lowest BCUT2D eigenvalue weighted by Gasteiger charge is -2.31. The second-order valence-corrected chi connectivity index (χ2v) is 10.9. The van der Waals surface area contributed by atoms with Crippen molar-refractivity contribution < 1.29 is 9.53 Å². The fourth-order valence-corrected chi connectivity index (χ4v) is 4.95. The van der Waals surface area contributed by atoms with Crippen LogP contribution in [0.5, 0.6) is 0 Å². The van der Waals surface area contributed by atoms with Crippen LogP contribution in [0.4, 0.5) is 5.82 Å². The topological polar surface area (TPSA) is 105 Å². The van der Waals surface area contributed by atoms with Crippen LogP contribution in [0.25, 0.3) is 21.9 Å². The second kappa shape index (κ2) is 10.0. The number of carbonyl (C=O) groups excluding carboxylic acids is 1. The minimum atomic E-state index is -0.393. The number of aromatic nitrogens is 4. The summed E-state index contributed by atoms with van der Waals surface area (Å²) in [6.07, 6.45) is 4.94. The minimum Gasteiger partial charge on any atom is -0.370 e. The molecule has 2 aromatic heterocycles. The standard InChI is InChI=1S/C27H28Cl2N6O2/c1-14(37-27(2,3)4)23(26-33-19-8-7-15(28)10-22(19)34-26)35-25-17-11-18(29)16(12-21(17)31-13-32-25)24(36)20-6-5-9-30-20/h5-8,10-14,20,23,30H,9H2,1-4H3,(H,33,34)(H,31,32,35)/t14-,20?,23+/m0/s1. The number of ketones is 1. The van der Waals surface area contributed by atoms with E-state index in [0.717, 1.165) is 11.0 Å². The number of benzene rings is 2. The molecule has 1 aliphatic rings. The number of ether oxygens (including phenoxy) is 1. The molecule has 0 spiro atoms. The minimum absolute atomic E-state index is 0.0974. The largest absolute Gasteiger partial charge is 0.370 e. The third-order valence-corrected chi connectivity index (χ3v) is 6.66. The van der Waals surface area contributed by atoms with Crippen LogP contribution >= 0.6 is 23.2 Å². The Morgan fingerprint density at radius 3 is 2.70 bits per heavy atom. The Morgan fingerprint density at radius 1 is 1.16 bits per heavy atom. The van der Waals surface area contributed by atoms with Crippen molar-refractivity contribution in [2.45, 2.75) is 51.5 Å². The number of nitrogens with one attached hydrogen (secondary N) is 3. The molecule has 0 radical (unpaired) electrons. The van der Waals surface area contributed by atoms with Gasteiger partial charge in [-0.05, 0) is 58.0 Å². The van der Waals surface area contributed by atoms with Gasteiger partial charge in [0.2, 0.25) is 0 Å². The smallest absolute Gasteiger partial charge is 0.185 e. The van der Waals surface area contributed by atoms with Crippen molar-refractivity contribution in [3.63, 3.8) is 0 Å². The molecule has 3 atom stereocenters. The molecular weight excluding hydrogens is 511 g/mol. The van der Waals surface area contributed by atoms with Gasteiger partial charge in [0, 0.05) is 22.5 Å². The molecular formula is C27H28Cl2N6O2. The highest BCUT2D eigenvalue weighted by Gasteiger charge is 2.29. The quantitative estimate of drug-likeness (QED) is 0.199. The number of H-pyrrole nitrogens is 1. The predicted molar refractivity (Wildman–Crippen MR) is 148 cm³/mol. The van der Waals surface area contributed by atoms with E-state index in [1.807, 2.05) is 58.0 Å². The van der Waals surface area contributed by atoms with Gasteiger partial charge < -0.3 is 20.4 Å². The van der Waals surface area contributed by atoms with Crippen molar-refractivity contribution >= 4 is 56.7 Å². The summed E-state index contributed by atoms with van der Waals surface area (Å²) in [6, 6.07) is 8.19. The number of fused-ring (bicyclic) bond motifs is 2. The molecule has 192 valence electrons. The molecule has 3 heterocycles. The van der Waals surface area contributed by atoms with E-state index >= 15 is 0 Å². The van der Waals surface area contributed by atoms with Crippen LogP contribution in [0.2, 0.25) is 10.0 Å². The van der Waals surface area contributed by atoms with E-state index in [1.165, 1.54) is 6.33 Å². The lowest BCUT2D eigenvalue weighted by Crippen LogP contribution is -2.34. The van der Waals surface area contributed by atoms with Crippen molar-refractivity contribution in [2.24, 2.45) is 0 Å². The maximum Gasteiger partial charge on any atom is 0.185 e. The number of halogens is 2. The van der Waals surface area contributed by atoms with Gasteiger partial charge in [0.1, 0.15) is 24.0 Å². The number of nitrogens with zero attached hydrogens (tertiary/aromatic N) is 3. The van der Waals surface area contributed by atoms with E-state index in [1.54, 1.807) is 12.1 Å². The van der Waals surface area contributed by atoms with E-state index in [-0.39, 0.29) is 17.5 Å². The van der Waals surface area contributed by atoms with Gasteiger partial charge in [-0.3, -0.25) is 4.79 Å². The van der Waals surface area contributed by atoms with Crippen LogP contribution in [0, 0.1) is 0 Å². The molecule has 0 fully saturated rings. The summed E-state index contributed by atoms with van der Waals surface area (Å²) in [5.41, 5.74) is 2.25. The van der Waals surface area contributed by atoms with Crippen molar-refractivity contribution in [1.82, 2.24) is 25.3 Å². The summed E-state index contributed by atoms with van der Waals surface area (Å²) in [5, 5.41) is 8.27. The van der Waals surface area contributed by atoms with Gasteiger partial charge in [0.25, 0.3) is 0 Å². The average molecular weight is 539 g/mol. The van der Waals surface area contributed by atoms with Gasteiger partial charge in [0.15, 0.2) is 5.78 Å². The number of hydrogen-bond acceptors (Lipinski definition) is 7. The van der Waals surface area contributed by atoms with Gasteiger partial charge in [-0.2, -0.15) is 0 Å². The Balaban J connectivity index is 1.54. The summed E-state index contributed by atoms with van der Waals surface area (Å²) in [7, 11) is 0. The van der Waals surface area contributed by atoms with Crippen LogP contribution in [-0.4, -0.2) is 50.0 Å². The Bertz CT molecular complexity index is 1510. The molecule has 1 unspecified atom stereocenters. The molecule has 0 amide bonds. The lowest BCUT2D eigenvalue weighted by atomic mass is 10.0. The molecule has 37 heavy (non-hydrogen) atoms. The maximum atomic E-state index is 13.0. The zero-order valence-electron chi connectivity index (χ0n) is 21.0. The van der Waals surface area contributed by atoms with Gasteiger partial charge >= 0.3 is 0 Å². The molecule has 1 aliphatic heterocycles. The zero-order valence-corrected chi connectivity index (χ0v) is 22.5. The zero-order chi connectivity index (χ0) is 26.3. The third kappa shape index (κ3) is 5.48. The van der Waals surface area contributed by atoms with Crippen LogP contribution in [-0.2, 0) is 4.74 Å². The highest BCUT2D eigenvalue weighted by molar-refractivity contribution is 6.35. The van der Waals surface area contributed by atoms with Gasteiger partial charge in [-0.15, -0.1) is 0 Å². The number of carbonyl (C=O) groups is 1. The molecule has 5 rings (SSSR count). The van der Waals surface area contributed by atoms with Crippen molar-refractivity contribution in [2.75, 3.05) is 11.9 Å². The monoisotopic (exact) mass is 538 g/mol. The van der Waals surface area contributed by atoms with E-state index in [0.29, 0.717) is 44.7 Å². The number of imidazole rings is 1. The molecule has 8 nitrogen and oxygen atoms in total. The fourth-order valence-electron chi connectivity index (χ4n) is 4.52. The first-order valence-electron chi connectivity index (χ1n) is 12.1. The Labute approximate surface area is 224 Å². The normalized spacial score (nSPS) is 17.4. The maximum absolute atomic E-state index is 13.0. The molecule has 0 aliphatic carbocycles. The Morgan fingerprint density at radius 2 is 1.97 bits per heavy atom. The van der Waals surface area contributed by atoms with Crippen molar-refractivity contribution in [3.05, 3.63) is 70.2 Å². The highest BCUT2D eigenvalue weighted by atomic mass is 35.5. The van der Waals surface area contributed by atoms with E-state index < -0.39 is 12.1 Å². The van der Waals surface area contributed by atoms with Crippen LogP contribution in [0.3, 0.4) is 0 Å². The predicted octanol–water partition coefficient (Wildman–Crippen LogP) is 5.88. The first-order valence-corrected chi connectivity index (χ1v) is 12.8. The molecule has 2 aromatic carbocycles. The second-order valence-electron chi connectivity index (χ2n) is 10.1. The molecule has 3 N–H and O–H groups in total. The highest BCUT2D eigenvalue weighted by Crippen LogP contribution is 2.32. The summed E-state index contributed by atoms with van der Waals surface area (Å²) in [4.78, 5) is 30.1. The Kier molecular flexibility index (Phi) is 6.93. The van der Waals surface area contributed by atoms with E-state index in [9.17, 15) is 4.79 Å². The number of aromatic amines is 1. The number of rotatable bonds is 7. The summed E-state index contributed by atoms with van der Waals surface area (Å²) in [5.74, 6) is 1.13. The molecule has 4 aromatic rings. The Hall–Kier alpha value is -3.04. The first-order chi connectivity index (χ1) is 17.6. The molecule has 0 saturated heterocycles. The summed E-state index contributed by atoms with van der Waals surface area (Å²) in [6.45, 7) is 8.66. The number of anilines is 1. The van der Waals surface area contributed by atoms with Gasteiger partial charge in [-0.25, -0.2) is 15.0 Å². The van der Waals surface area contributed by atoms with E-state index in [2.05, 4.69) is 25.6 Å². The molecule has 10 heteroatoms. The van der Waals surface area contributed by atoms with Gasteiger partial charge in [0.05, 0.1) is 39.3 Å². The molecule has 0 bridgehead atoms. The first kappa shape index (κ1) is 25.6. The summed E-state index contributed by atoms with van der Waals surface area (Å²) >= 11 is 12.8. The van der Waals surface area contributed by atoms with Crippen molar-refractivity contribution in [3.8, 4) is 0 Å². The third-order valence-electron chi connectivity index (χ3n) is 6.12. The fraction of sp³-hybridized carbons (Fsp3) is 0.333. The SMILES string of the molecule is C[C@H](OC(C)(C)C)[C@@H](Nc1ncnc2cc(C(=O)C3C=CCN3)c(Cl)cc12)c1nc2cc(Cl)ccc2[nH]1. The van der Waals surface area contributed by atoms with Crippen LogP contribution < -0.4 is 10.6 Å². The van der Waals surface area contributed by atoms with Crippen molar-refractivity contribution in [1.29, 1.82) is 0 Å². The van der Waals surface area contributed by atoms with Gasteiger partial charge in [-0.1, -0.05) is 35.4 Å². The number of Topliss-reactive ketones (excluding diaryl/α,β-unsaturated/α-hetero) is 1. The van der Waals surface area contributed by atoms with Crippen LogP contribution in [0.15, 0.2) is 48.8 Å². The lowest BCUT2D eigenvalue weighted by molar-refractivity contribution is -0.0598. The van der Waals surface area contributed by atoms with Crippen LogP contribution in [0.1, 0.15) is 49.9 Å². The summed E-state index contributed by atoms with van der Waals surface area (Å²) < 4.78 is 6.31. The van der Waals surface area contributed by atoms with E-state index in [4.69, 9.17) is 32.9 Å². The molecule has 0 saturated carbocycles.